The van der Waals surface area contributed by atoms with Crippen LogP contribution in [0.4, 0.5) is 0 Å². The molecule has 0 spiro atoms. The van der Waals surface area contributed by atoms with Gasteiger partial charge in [-0.25, -0.2) is 0 Å². The molecule has 3 heteroatoms. The van der Waals surface area contributed by atoms with Crippen LogP contribution in [0.2, 0.25) is 0 Å². The summed E-state index contributed by atoms with van der Waals surface area (Å²) >= 11 is 0. The number of hydrogen-bond donors (Lipinski definition) is 2. The fourth-order valence-corrected chi connectivity index (χ4v) is 1.05. The van der Waals surface area contributed by atoms with E-state index in [1.165, 1.54) is 0 Å². The summed E-state index contributed by atoms with van der Waals surface area (Å²) in [5.74, 6) is 2.42. The Labute approximate surface area is 86.4 Å². The van der Waals surface area contributed by atoms with Crippen molar-refractivity contribution in [3.8, 4) is 12.3 Å². The van der Waals surface area contributed by atoms with Crippen LogP contribution in [0.3, 0.4) is 0 Å². The largest absolute Gasteiger partial charge is 0.354 e. The van der Waals surface area contributed by atoms with Crippen molar-refractivity contribution in [3.05, 3.63) is 0 Å². The summed E-state index contributed by atoms with van der Waals surface area (Å²) < 4.78 is 0. The van der Waals surface area contributed by atoms with Gasteiger partial charge in [-0.3, -0.25) is 4.79 Å². The van der Waals surface area contributed by atoms with Crippen molar-refractivity contribution < 1.29 is 4.79 Å². The number of nitrogens with two attached hydrogens (primary N) is 1. The average Bonchev–Trinajstić information content (AvgIpc) is 2.23. The van der Waals surface area contributed by atoms with Gasteiger partial charge in [-0.2, -0.15) is 0 Å². The monoisotopic (exact) mass is 196 g/mol. The fraction of sp³-hybridized carbons (Fsp3) is 0.727. The van der Waals surface area contributed by atoms with Crippen molar-refractivity contribution >= 4 is 5.91 Å². The number of terminal acetylenes is 1. The Morgan fingerprint density at radius 1 is 1.50 bits per heavy atom. The molecule has 0 saturated heterocycles. The lowest BCUT2D eigenvalue weighted by Crippen LogP contribution is -2.49. The zero-order valence-electron chi connectivity index (χ0n) is 9.10. The van der Waals surface area contributed by atoms with Gasteiger partial charge in [-0.05, 0) is 12.8 Å². The molecule has 0 heterocycles. The number of hydrogen-bond acceptors (Lipinski definition) is 2. The first-order valence-corrected chi connectivity index (χ1v) is 5.07. The Hall–Kier alpha value is -1.01. The van der Waals surface area contributed by atoms with Gasteiger partial charge < -0.3 is 11.1 Å². The van der Waals surface area contributed by atoms with Gasteiger partial charge in [0.2, 0.25) is 5.91 Å². The maximum absolute atomic E-state index is 11.2. The molecule has 0 fully saturated rings. The first-order valence-electron chi connectivity index (χ1n) is 5.07. The van der Waals surface area contributed by atoms with E-state index < -0.39 is 0 Å². The molecule has 0 saturated carbocycles. The number of carbonyl (C=O) groups excluding carboxylic acids is 1. The summed E-state index contributed by atoms with van der Waals surface area (Å²) in [6, 6.07) is 0. The second-order valence-electron chi connectivity index (χ2n) is 3.55. The Morgan fingerprint density at radius 2 is 2.07 bits per heavy atom. The summed E-state index contributed by atoms with van der Waals surface area (Å²) in [6.07, 6.45) is 7.65. The molecule has 0 rings (SSSR count). The molecule has 0 atom stereocenters. The van der Waals surface area contributed by atoms with Crippen molar-refractivity contribution in [2.45, 2.75) is 45.1 Å². The van der Waals surface area contributed by atoms with E-state index in [-0.39, 0.29) is 11.4 Å². The molecule has 0 radical (unpaired) electrons. The van der Waals surface area contributed by atoms with Crippen LogP contribution in [-0.2, 0) is 4.79 Å². The summed E-state index contributed by atoms with van der Waals surface area (Å²) in [6.45, 7) is 4.58. The highest BCUT2D eigenvalue weighted by molar-refractivity contribution is 5.76. The van der Waals surface area contributed by atoms with E-state index >= 15 is 0 Å². The topological polar surface area (TPSA) is 55.1 Å². The minimum Gasteiger partial charge on any atom is -0.354 e. The van der Waals surface area contributed by atoms with Crippen LogP contribution < -0.4 is 11.1 Å². The van der Waals surface area contributed by atoms with E-state index in [0.29, 0.717) is 19.4 Å². The van der Waals surface area contributed by atoms with E-state index in [9.17, 15) is 4.79 Å². The first kappa shape index (κ1) is 13.0. The molecule has 0 aromatic carbocycles. The molecule has 1 amide bonds. The van der Waals surface area contributed by atoms with Crippen LogP contribution in [0.5, 0.6) is 0 Å². The molecule has 80 valence electrons. The third-order valence-electron chi connectivity index (χ3n) is 2.54. The molecule has 0 bridgehead atoms. The molecule has 0 unspecified atom stereocenters. The van der Waals surface area contributed by atoms with Gasteiger partial charge in [0, 0.05) is 24.9 Å². The summed E-state index contributed by atoms with van der Waals surface area (Å²) in [4.78, 5) is 11.2. The summed E-state index contributed by atoms with van der Waals surface area (Å²) in [5.41, 5.74) is 5.75. The molecule has 0 aliphatic carbocycles. The molecule has 3 nitrogen and oxygen atoms in total. The SMILES string of the molecule is C#CCCC(=O)NCC(N)(CC)CC. The van der Waals surface area contributed by atoms with Crippen molar-refractivity contribution in [3.63, 3.8) is 0 Å². The predicted octanol–water partition coefficient (Wildman–Crippen LogP) is 1.03. The average molecular weight is 196 g/mol. The lowest BCUT2D eigenvalue weighted by atomic mass is 9.94. The van der Waals surface area contributed by atoms with Crippen LogP contribution in [0.25, 0.3) is 0 Å². The first-order chi connectivity index (χ1) is 6.58. The van der Waals surface area contributed by atoms with Crippen molar-refractivity contribution in [2.75, 3.05) is 6.54 Å². The lowest BCUT2D eigenvalue weighted by molar-refractivity contribution is -0.121. The maximum atomic E-state index is 11.2. The molecular formula is C11H20N2O. The smallest absolute Gasteiger partial charge is 0.221 e. The minimum atomic E-state index is -0.272. The number of nitrogens with one attached hydrogen (secondary N) is 1. The van der Waals surface area contributed by atoms with Crippen LogP contribution >= 0.6 is 0 Å². The molecule has 0 aliphatic heterocycles. The quantitative estimate of drug-likeness (QED) is 0.623. The van der Waals surface area contributed by atoms with Gasteiger partial charge in [0.05, 0.1) is 0 Å². The Morgan fingerprint density at radius 3 is 2.50 bits per heavy atom. The van der Waals surface area contributed by atoms with Gasteiger partial charge in [-0.15, -0.1) is 12.3 Å². The van der Waals surface area contributed by atoms with Gasteiger partial charge in [0.25, 0.3) is 0 Å². The van der Waals surface area contributed by atoms with E-state index in [1.807, 2.05) is 13.8 Å². The van der Waals surface area contributed by atoms with E-state index in [2.05, 4.69) is 11.2 Å². The van der Waals surface area contributed by atoms with E-state index in [1.54, 1.807) is 0 Å². The Kier molecular flexibility index (Phi) is 5.98. The standard InChI is InChI=1S/C11H20N2O/c1-4-7-8-10(14)13-9-11(12,5-2)6-3/h1H,5-9,12H2,2-3H3,(H,13,14). The zero-order chi connectivity index (χ0) is 11.0. The van der Waals surface area contributed by atoms with Gasteiger partial charge in [0.1, 0.15) is 0 Å². The number of rotatable bonds is 6. The molecule has 0 aliphatic rings. The number of carbonyl (C=O) groups is 1. The highest BCUT2D eigenvalue weighted by Crippen LogP contribution is 2.09. The van der Waals surface area contributed by atoms with Gasteiger partial charge in [0.15, 0.2) is 0 Å². The Bertz CT molecular complexity index is 214. The van der Waals surface area contributed by atoms with Crippen LogP contribution in [-0.4, -0.2) is 18.0 Å². The predicted molar refractivity (Wildman–Crippen MR) is 58.6 cm³/mol. The fourth-order valence-electron chi connectivity index (χ4n) is 1.05. The van der Waals surface area contributed by atoms with Crippen molar-refractivity contribution in [1.82, 2.24) is 5.32 Å². The minimum absolute atomic E-state index is 0.0142. The highest BCUT2D eigenvalue weighted by Gasteiger charge is 2.20. The summed E-state index contributed by atoms with van der Waals surface area (Å²) in [5, 5.41) is 2.80. The molecular weight excluding hydrogens is 176 g/mol. The maximum Gasteiger partial charge on any atom is 0.221 e. The van der Waals surface area contributed by atoms with E-state index in [4.69, 9.17) is 12.2 Å². The van der Waals surface area contributed by atoms with Crippen LogP contribution in [0.15, 0.2) is 0 Å². The van der Waals surface area contributed by atoms with E-state index in [0.717, 1.165) is 12.8 Å². The molecule has 0 aromatic rings. The zero-order valence-corrected chi connectivity index (χ0v) is 9.10. The summed E-state index contributed by atoms with van der Waals surface area (Å²) in [7, 11) is 0. The van der Waals surface area contributed by atoms with Crippen molar-refractivity contribution in [2.24, 2.45) is 5.73 Å². The van der Waals surface area contributed by atoms with Gasteiger partial charge >= 0.3 is 0 Å². The van der Waals surface area contributed by atoms with Crippen LogP contribution in [0.1, 0.15) is 39.5 Å². The van der Waals surface area contributed by atoms with Gasteiger partial charge in [-0.1, -0.05) is 13.8 Å². The second kappa shape index (κ2) is 6.44. The molecule has 3 N–H and O–H groups in total. The normalized spacial score (nSPS) is 10.7. The highest BCUT2D eigenvalue weighted by atomic mass is 16.1. The number of amides is 1. The lowest BCUT2D eigenvalue weighted by Gasteiger charge is -2.26. The van der Waals surface area contributed by atoms with Crippen molar-refractivity contribution in [1.29, 1.82) is 0 Å². The molecule has 0 aromatic heterocycles. The molecule has 14 heavy (non-hydrogen) atoms. The Balaban J connectivity index is 3.81. The third kappa shape index (κ3) is 4.88. The third-order valence-corrected chi connectivity index (χ3v) is 2.54. The van der Waals surface area contributed by atoms with Crippen LogP contribution in [0, 0.1) is 12.3 Å². The second-order valence-corrected chi connectivity index (χ2v) is 3.55.